The average molecular weight is 603 g/mol. The first-order valence-corrected chi connectivity index (χ1v) is 14.9. The molecule has 0 spiro atoms. The normalized spacial score (nSPS) is 11.3. The van der Waals surface area contributed by atoms with Crippen LogP contribution in [-0.2, 0) is 16.0 Å². The molecule has 3 N–H and O–H groups in total. The summed E-state index contributed by atoms with van der Waals surface area (Å²) in [6.07, 6.45) is 0.735. The van der Waals surface area contributed by atoms with E-state index >= 15 is 0 Å². The van der Waals surface area contributed by atoms with Gasteiger partial charge in [-0.25, -0.2) is 0 Å². The van der Waals surface area contributed by atoms with E-state index in [1.165, 1.54) is 11.8 Å². The molecule has 1 unspecified atom stereocenters. The van der Waals surface area contributed by atoms with E-state index in [0.717, 1.165) is 21.8 Å². The third kappa shape index (κ3) is 7.98. The van der Waals surface area contributed by atoms with Crippen LogP contribution < -0.4 is 16.0 Å². The molecule has 10 heteroatoms. The molecule has 4 aromatic rings. The second-order valence-electron chi connectivity index (χ2n) is 9.08. The maximum Gasteiger partial charge on any atom is 0.266 e. The monoisotopic (exact) mass is 602 g/mol. The van der Waals surface area contributed by atoms with E-state index in [0.29, 0.717) is 38.3 Å². The van der Waals surface area contributed by atoms with Gasteiger partial charge in [0.1, 0.15) is 11.1 Å². The Hall–Kier alpha value is -4.10. The highest BCUT2D eigenvalue weighted by Crippen LogP contribution is 2.35. The number of nitriles is 1. The number of amides is 3. The number of nitrogens with one attached hydrogen (secondary N) is 3. The topological polar surface area (TPSA) is 111 Å². The quantitative estimate of drug-likeness (QED) is 0.163. The van der Waals surface area contributed by atoms with Crippen LogP contribution in [0.4, 0.5) is 16.4 Å². The molecular formula is C31H27ClN4O3S2. The number of hydrogen-bond acceptors (Lipinski definition) is 6. The number of thiophene rings is 1. The molecule has 1 atom stereocenters. The smallest absolute Gasteiger partial charge is 0.266 e. The van der Waals surface area contributed by atoms with Crippen LogP contribution in [0.1, 0.15) is 39.7 Å². The number of anilines is 3. The molecule has 1 aromatic heterocycles. The van der Waals surface area contributed by atoms with Crippen molar-refractivity contribution in [3.8, 4) is 6.07 Å². The minimum atomic E-state index is -0.467. The molecule has 7 nitrogen and oxygen atoms in total. The molecule has 0 aliphatic rings. The predicted molar refractivity (Wildman–Crippen MR) is 167 cm³/mol. The third-order valence-electron chi connectivity index (χ3n) is 6.07. The molecule has 0 bridgehead atoms. The molecule has 3 amide bonds. The molecule has 0 fully saturated rings. The lowest BCUT2D eigenvalue weighted by atomic mass is 10.1. The van der Waals surface area contributed by atoms with Gasteiger partial charge in [0.15, 0.2) is 0 Å². The number of rotatable bonds is 10. The average Bonchev–Trinajstić information content (AvgIpc) is 3.28. The lowest BCUT2D eigenvalue weighted by Gasteiger charge is -2.15. The summed E-state index contributed by atoms with van der Waals surface area (Å²) in [6.45, 7) is 3.60. The van der Waals surface area contributed by atoms with Gasteiger partial charge in [0.05, 0.1) is 22.1 Å². The van der Waals surface area contributed by atoms with Crippen LogP contribution in [0.3, 0.4) is 0 Å². The first-order valence-electron chi connectivity index (χ1n) is 12.8. The van der Waals surface area contributed by atoms with Gasteiger partial charge in [-0.05, 0) is 66.9 Å². The van der Waals surface area contributed by atoms with E-state index in [-0.39, 0.29) is 29.7 Å². The highest BCUT2D eigenvalue weighted by molar-refractivity contribution is 8.00. The first kappa shape index (κ1) is 29.9. The van der Waals surface area contributed by atoms with Crippen LogP contribution in [0.2, 0.25) is 5.02 Å². The van der Waals surface area contributed by atoms with Crippen molar-refractivity contribution in [2.24, 2.45) is 0 Å². The van der Waals surface area contributed by atoms with Crippen LogP contribution in [0.25, 0.3) is 0 Å². The fraction of sp³-hybridized carbons (Fsp3) is 0.161. The highest BCUT2D eigenvalue weighted by atomic mass is 35.5. The number of hydrogen-bond donors (Lipinski definition) is 3. The molecule has 0 saturated carbocycles. The Kier molecular flexibility index (Phi) is 10.2. The number of nitrogens with zero attached hydrogens (tertiary/aromatic N) is 1. The molecule has 0 radical (unpaired) electrons. The first-order chi connectivity index (χ1) is 19.8. The van der Waals surface area contributed by atoms with Crippen LogP contribution in [0.15, 0.2) is 83.8 Å². The van der Waals surface area contributed by atoms with Crippen LogP contribution in [0, 0.1) is 18.3 Å². The molecule has 1 heterocycles. The van der Waals surface area contributed by atoms with Gasteiger partial charge in [0.2, 0.25) is 11.8 Å². The summed E-state index contributed by atoms with van der Waals surface area (Å²) in [5, 5.41) is 18.8. The summed E-state index contributed by atoms with van der Waals surface area (Å²) in [5.74, 6) is -0.780. The molecule has 208 valence electrons. The number of benzene rings is 3. The highest BCUT2D eigenvalue weighted by Gasteiger charge is 2.25. The van der Waals surface area contributed by atoms with Crippen LogP contribution >= 0.6 is 34.7 Å². The van der Waals surface area contributed by atoms with Crippen molar-refractivity contribution in [1.82, 2.24) is 0 Å². The minimum absolute atomic E-state index is 0.163. The Bertz CT molecular complexity index is 1600. The van der Waals surface area contributed by atoms with Crippen molar-refractivity contribution in [1.29, 1.82) is 5.26 Å². The van der Waals surface area contributed by atoms with E-state index in [1.54, 1.807) is 37.3 Å². The molecular weight excluding hydrogens is 576 g/mol. The second kappa shape index (κ2) is 14.0. The minimum Gasteiger partial charge on any atom is -0.326 e. The Morgan fingerprint density at radius 1 is 0.951 bits per heavy atom. The van der Waals surface area contributed by atoms with E-state index < -0.39 is 5.25 Å². The van der Waals surface area contributed by atoms with E-state index in [1.807, 2.05) is 55.5 Å². The van der Waals surface area contributed by atoms with Crippen LogP contribution in [-0.4, -0.2) is 23.0 Å². The van der Waals surface area contributed by atoms with Gasteiger partial charge in [0, 0.05) is 21.3 Å². The zero-order valence-corrected chi connectivity index (χ0v) is 24.8. The molecule has 41 heavy (non-hydrogen) atoms. The van der Waals surface area contributed by atoms with Gasteiger partial charge < -0.3 is 16.0 Å². The number of para-hydroxylation sites is 1. The zero-order chi connectivity index (χ0) is 29.4. The summed E-state index contributed by atoms with van der Waals surface area (Å²) < 4.78 is 0. The number of carbonyl (C=O) groups is 3. The molecule has 4 rings (SSSR count). The number of halogens is 1. The van der Waals surface area contributed by atoms with Crippen molar-refractivity contribution in [2.45, 2.75) is 36.8 Å². The fourth-order valence-corrected chi connectivity index (χ4v) is 6.18. The third-order valence-corrected chi connectivity index (χ3v) is 8.89. The summed E-state index contributed by atoms with van der Waals surface area (Å²) in [7, 11) is 0. The fourth-order valence-electron chi connectivity index (χ4n) is 3.98. The maximum atomic E-state index is 13.3. The zero-order valence-electron chi connectivity index (χ0n) is 22.4. The van der Waals surface area contributed by atoms with E-state index in [9.17, 15) is 19.6 Å². The van der Waals surface area contributed by atoms with Crippen molar-refractivity contribution in [3.63, 3.8) is 0 Å². The Labute approximate surface area is 251 Å². The number of carbonyl (C=O) groups excluding carboxylic acids is 3. The van der Waals surface area contributed by atoms with Gasteiger partial charge >= 0.3 is 0 Å². The van der Waals surface area contributed by atoms with Gasteiger partial charge in [-0.3, -0.25) is 14.4 Å². The summed E-state index contributed by atoms with van der Waals surface area (Å²) in [5.41, 5.74) is 2.90. The standard InChI is InChI=1S/C31H27ClN4O3S2/c1-3-26(40-24-11-7-10-23(17-24)34-27(37)16-20-12-14-21(32)15-13-20)29(38)36-31-25(18-33)19(2)28(41-31)30(39)35-22-8-5-4-6-9-22/h4-15,17,26H,3,16H2,1-2H3,(H,34,37)(H,35,39)(H,36,38). The van der Waals surface area contributed by atoms with Crippen molar-refractivity contribution in [3.05, 3.63) is 105 Å². The van der Waals surface area contributed by atoms with E-state index in [2.05, 4.69) is 22.0 Å². The largest absolute Gasteiger partial charge is 0.326 e. The van der Waals surface area contributed by atoms with Gasteiger partial charge in [-0.1, -0.05) is 54.9 Å². The SMILES string of the molecule is CCC(Sc1cccc(NC(=O)Cc2ccc(Cl)cc2)c1)C(=O)Nc1sc(C(=O)Nc2ccccc2)c(C)c1C#N. The van der Waals surface area contributed by atoms with Gasteiger partial charge in [0.25, 0.3) is 5.91 Å². The van der Waals surface area contributed by atoms with E-state index in [4.69, 9.17) is 11.6 Å². The van der Waals surface area contributed by atoms with Crippen LogP contribution in [0.5, 0.6) is 0 Å². The summed E-state index contributed by atoms with van der Waals surface area (Å²) in [6, 6.07) is 25.6. The molecule has 0 saturated heterocycles. The van der Waals surface area contributed by atoms with Crippen molar-refractivity contribution in [2.75, 3.05) is 16.0 Å². The molecule has 0 aliphatic carbocycles. The lowest BCUT2D eigenvalue weighted by Crippen LogP contribution is -2.24. The lowest BCUT2D eigenvalue weighted by molar-refractivity contribution is -0.116. The number of thioether (sulfide) groups is 1. The maximum absolute atomic E-state index is 13.3. The van der Waals surface area contributed by atoms with Gasteiger partial charge in [-0.15, -0.1) is 23.1 Å². The Morgan fingerprint density at radius 3 is 2.34 bits per heavy atom. The predicted octanol–water partition coefficient (Wildman–Crippen LogP) is 7.52. The molecule has 0 aliphatic heterocycles. The summed E-state index contributed by atoms with van der Waals surface area (Å²) >= 11 is 8.36. The Morgan fingerprint density at radius 2 is 1.66 bits per heavy atom. The van der Waals surface area contributed by atoms with Crippen molar-refractivity contribution < 1.29 is 14.4 Å². The van der Waals surface area contributed by atoms with Crippen molar-refractivity contribution >= 4 is 68.8 Å². The molecule has 3 aromatic carbocycles. The summed E-state index contributed by atoms with van der Waals surface area (Å²) in [4.78, 5) is 39.9. The second-order valence-corrected chi connectivity index (χ2v) is 11.8. The van der Waals surface area contributed by atoms with Gasteiger partial charge in [-0.2, -0.15) is 5.26 Å². The Balaban J connectivity index is 1.42.